The molecule has 0 spiro atoms. The second-order valence-corrected chi connectivity index (χ2v) is 6.07. The molecule has 2 atom stereocenters. The maximum absolute atomic E-state index is 12.4. The number of rotatable bonds is 5. The number of nitrogens with one attached hydrogen (secondary N) is 1. The number of likely N-dealkylation sites (tertiary alicyclic amines) is 1. The number of benzene rings is 1. The number of amides is 3. The van der Waals surface area contributed by atoms with E-state index in [-0.39, 0.29) is 23.9 Å². The zero-order chi connectivity index (χ0) is 17.9. The fourth-order valence-corrected chi connectivity index (χ4v) is 2.99. The molecule has 3 N–H and O–H groups in total. The molecule has 0 bridgehead atoms. The van der Waals surface area contributed by atoms with E-state index in [1.807, 2.05) is 26.0 Å². The van der Waals surface area contributed by atoms with Crippen molar-refractivity contribution in [1.82, 2.24) is 10.2 Å². The van der Waals surface area contributed by atoms with Crippen LogP contribution in [-0.2, 0) is 4.79 Å². The second-order valence-electron chi connectivity index (χ2n) is 6.07. The second kappa shape index (κ2) is 7.42. The topological polar surface area (TPSA) is 93.9 Å². The normalized spacial score (nSPS) is 18.2. The Bertz CT molecular complexity index is 633. The molecular weight excluding hydrogens is 310 g/mol. The number of carbonyl (C=O) groups is 2. The minimum atomic E-state index is -0.353. The van der Waals surface area contributed by atoms with Crippen LogP contribution in [0.1, 0.15) is 30.5 Å². The Morgan fingerprint density at radius 2 is 1.92 bits per heavy atom. The summed E-state index contributed by atoms with van der Waals surface area (Å²) in [5, 5.41) is 2.97. The van der Waals surface area contributed by atoms with E-state index in [0.29, 0.717) is 31.0 Å². The monoisotopic (exact) mass is 335 g/mol. The highest BCUT2D eigenvalue weighted by Gasteiger charge is 2.30. The van der Waals surface area contributed by atoms with Crippen LogP contribution in [-0.4, -0.2) is 44.1 Å². The number of aryl methyl sites for hydroxylation is 1. The molecule has 1 saturated heterocycles. The fraction of sp³-hybridized carbons (Fsp3) is 0.529. The Kier molecular flexibility index (Phi) is 5.54. The van der Waals surface area contributed by atoms with Gasteiger partial charge in [-0.1, -0.05) is 0 Å². The molecule has 7 heteroatoms. The lowest BCUT2D eigenvalue weighted by Crippen LogP contribution is -2.40. The molecule has 24 heavy (non-hydrogen) atoms. The minimum absolute atomic E-state index is 0.194. The number of nitrogens with two attached hydrogens (primary N) is 1. The molecule has 0 saturated carbocycles. The number of hydrogen-bond donors (Lipinski definition) is 2. The average molecular weight is 335 g/mol. The van der Waals surface area contributed by atoms with Crippen LogP contribution in [0.2, 0.25) is 0 Å². The van der Waals surface area contributed by atoms with Gasteiger partial charge in [-0.25, -0.2) is 4.79 Å². The van der Waals surface area contributed by atoms with Crippen LogP contribution in [0.5, 0.6) is 11.5 Å². The number of ether oxygens (including phenoxy) is 2. The molecule has 0 radical (unpaired) electrons. The summed E-state index contributed by atoms with van der Waals surface area (Å²) in [7, 11) is 3.17. The molecule has 7 nitrogen and oxygen atoms in total. The smallest absolute Gasteiger partial charge is 0.317 e. The van der Waals surface area contributed by atoms with Crippen molar-refractivity contribution in [3.05, 3.63) is 23.3 Å². The van der Waals surface area contributed by atoms with Crippen molar-refractivity contribution in [2.24, 2.45) is 11.7 Å². The van der Waals surface area contributed by atoms with Gasteiger partial charge in [-0.2, -0.15) is 0 Å². The molecular formula is C17H25N3O4. The number of hydrogen-bond acceptors (Lipinski definition) is 4. The summed E-state index contributed by atoms with van der Waals surface area (Å²) in [4.78, 5) is 25.2. The maximum atomic E-state index is 12.4. The molecule has 1 aliphatic heterocycles. The van der Waals surface area contributed by atoms with Crippen molar-refractivity contribution in [1.29, 1.82) is 0 Å². The van der Waals surface area contributed by atoms with Crippen molar-refractivity contribution in [2.75, 3.05) is 27.3 Å². The van der Waals surface area contributed by atoms with E-state index >= 15 is 0 Å². The summed E-state index contributed by atoms with van der Waals surface area (Å²) < 4.78 is 10.6. The molecule has 2 rings (SSSR count). The largest absolute Gasteiger partial charge is 0.493 e. The molecule has 3 amide bonds. The third-order valence-corrected chi connectivity index (χ3v) is 4.46. The lowest BCUT2D eigenvalue weighted by atomic mass is 10.0. The van der Waals surface area contributed by atoms with Crippen LogP contribution < -0.4 is 20.5 Å². The highest BCUT2D eigenvalue weighted by atomic mass is 16.5. The van der Waals surface area contributed by atoms with Crippen LogP contribution in [0.4, 0.5) is 4.79 Å². The standard InChI is InChI=1S/C17H25N3O4/c1-10-7-14(23-3)15(24-4)8-13(10)11(2)19-17(22)20-6-5-12(9-20)16(18)21/h7-8,11-12H,5-6,9H2,1-4H3,(H2,18,21)(H,19,22)/t11-,12+/m0/s1. The van der Waals surface area contributed by atoms with Crippen molar-refractivity contribution in [3.8, 4) is 11.5 Å². The number of primary amides is 1. The SMILES string of the molecule is COc1cc(C)c([C@H](C)NC(=O)N2CC[C@@H](C(N)=O)C2)cc1OC. The summed E-state index contributed by atoms with van der Waals surface area (Å²) >= 11 is 0. The molecule has 1 fully saturated rings. The van der Waals surface area contributed by atoms with Crippen molar-refractivity contribution in [2.45, 2.75) is 26.3 Å². The van der Waals surface area contributed by atoms with Crippen molar-refractivity contribution in [3.63, 3.8) is 0 Å². The quantitative estimate of drug-likeness (QED) is 0.854. The first-order valence-corrected chi connectivity index (χ1v) is 7.94. The fourth-order valence-electron chi connectivity index (χ4n) is 2.99. The highest BCUT2D eigenvalue weighted by Crippen LogP contribution is 2.33. The van der Waals surface area contributed by atoms with Crippen LogP contribution in [0.25, 0.3) is 0 Å². The van der Waals surface area contributed by atoms with E-state index in [1.54, 1.807) is 19.1 Å². The number of methoxy groups -OCH3 is 2. The third kappa shape index (κ3) is 3.72. The highest BCUT2D eigenvalue weighted by molar-refractivity contribution is 5.80. The van der Waals surface area contributed by atoms with E-state index in [4.69, 9.17) is 15.2 Å². The molecule has 0 aliphatic carbocycles. The molecule has 132 valence electrons. The Hall–Kier alpha value is -2.44. The van der Waals surface area contributed by atoms with Gasteiger partial charge in [0.1, 0.15) is 0 Å². The zero-order valence-electron chi connectivity index (χ0n) is 14.6. The van der Waals surface area contributed by atoms with E-state index in [1.165, 1.54) is 0 Å². The summed E-state index contributed by atoms with van der Waals surface area (Å²) in [6, 6.07) is 3.36. The Morgan fingerprint density at radius 3 is 2.46 bits per heavy atom. The van der Waals surface area contributed by atoms with Crippen LogP contribution in [0.3, 0.4) is 0 Å². The number of nitrogens with zero attached hydrogens (tertiary/aromatic N) is 1. The van der Waals surface area contributed by atoms with Gasteiger partial charge in [-0.15, -0.1) is 0 Å². The van der Waals surface area contributed by atoms with Crippen LogP contribution >= 0.6 is 0 Å². The first kappa shape index (κ1) is 17.9. The molecule has 0 unspecified atom stereocenters. The Labute approximate surface area is 142 Å². The lowest BCUT2D eigenvalue weighted by molar-refractivity contribution is -0.121. The lowest BCUT2D eigenvalue weighted by Gasteiger charge is -2.23. The van der Waals surface area contributed by atoms with Crippen molar-refractivity contribution >= 4 is 11.9 Å². The molecule has 1 aromatic rings. The Morgan fingerprint density at radius 1 is 1.29 bits per heavy atom. The van der Waals surface area contributed by atoms with Gasteiger partial charge < -0.3 is 25.4 Å². The van der Waals surface area contributed by atoms with Crippen LogP contribution in [0, 0.1) is 12.8 Å². The van der Waals surface area contributed by atoms with Gasteiger partial charge in [0, 0.05) is 13.1 Å². The number of urea groups is 1. The van der Waals surface area contributed by atoms with E-state index in [0.717, 1.165) is 11.1 Å². The molecule has 1 aromatic carbocycles. The molecule has 1 aliphatic rings. The zero-order valence-corrected chi connectivity index (χ0v) is 14.6. The summed E-state index contributed by atoms with van der Waals surface area (Å²) in [6.45, 7) is 4.78. The first-order chi connectivity index (χ1) is 11.4. The van der Waals surface area contributed by atoms with E-state index < -0.39 is 0 Å². The maximum Gasteiger partial charge on any atom is 0.317 e. The Balaban J connectivity index is 2.08. The van der Waals surface area contributed by atoms with Gasteiger partial charge in [0.05, 0.1) is 26.2 Å². The van der Waals surface area contributed by atoms with Gasteiger partial charge in [-0.3, -0.25) is 4.79 Å². The summed E-state index contributed by atoms with van der Waals surface area (Å²) in [5.74, 6) is 0.665. The molecule has 1 heterocycles. The number of carbonyl (C=O) groups excluding carboxylic acids is 2. The van der Waals surface area contributed by atoms with E-state index in [2.05, 4.69) is 5.32 Å². The predicted molar refractivity (Wildman–Crippen MR) is 90.1 cm³/mol. The van der Waals surface area contributed by atoms with Gasteiger partial charge >= 0.3 is 6.03 Å². The predicted octanol–water partition coefficient (Wildman–Crippen LogP) is 1.59. The third-order valence-electron chi connectivity index (χ3n) is 4.46. The summed E-state index contributed by atoms with van der Waals surface area (Å²) in [5.41, 5.74) is 7.26. The minimum Gasteiger partial charge on any atom is -0.493 e. The molecule has 0 aromatic heterocycles. The van der Waals surface area contributed by atoms with Gasteiger partial charge in [0.2, 0.25) is 5.91 Å². The van der Waals surface area contributed by atoms with Gasteiger partial charge in [0.15, 0.2) is 11.5 Å². The first-order valence-electron chi connectivity index (χ1n) is 7.94. The van der Waals surface area contributed by atoms with Gasteiger partial charge in [-0.05, 0) is 43.5 Å². The average Bonchev–Trinajstić information content (AvgIpc) is 3.04. The van der Waals surface area contributed by atoms with Crippen molar-refractivity contribution < 1.29 is 19.1 Å². The summed E-state index contributed by atoms with van der Waals surface area (Å²) in [6.07, 6.45) is 0.618. The van der Waals surface area contributed by atoms with E-state index in [9.17, 15) is 9.59 Å². The van der Waals surface area contributed by atoms with Gasteiger partial charge in [0.25, 0.3) is 0 Å². The van der Waals surface area contributed by atoms with Crippen LogP contribution in [0.15, 0.2) is 12.1 Å².